The van der Waals surface area contributed by atoms with Gasteiger partial charge in [0.2, 0.25) is 0 Å². The number of nitrogens with one attached hydrogen (secondary N) is 1. The molecule has 5 nitrogen and oxygen atoms in total. The average Bonchev–Trinajstić information content (AvgIpc) is 2.78. The van der Waals surface area contributed by atoms with Crippen LogP contribution in [0.2, 0.25) is 0 Å². The second-order valence-corrected chi connectivity index (χ2v) is 3.64. The largest absolute Gasteiger partial charge is 0.354 e. The third-order valence-electron chi connectivity index (χ3n) is 2.71. The summed E-state index contributed by atoms with van der Waals surface area (Å²) in [6.07, 6.45) is 3.63. The summed E-state index contributed by atoms with van der Waals surface area (Å²) in [6.45, 7) is 4.12. The van der Waals surface area contributed by atoms with Crippen molar-refractivity contribution in [2.24, 2.45) is 0 Å². The molecule has 0 aliphatic carbocycles. The summed E-state index contributed by atoms with van der Waals surface area (Å²) >= 11 is 0. The van der Waals surface area contributed by atoms with Gasteiger partial charge in [0.25, 0.3) is 0 Å². The number of hydrogen-bond donors (Lipinski definition) is 1. The van der Waals surface area contributed by atoms with Gasteiger partial charge in [-0.25, -0.2) is 4.98 Å². The van der Waals surface area contributed by atoms with Crippen molar-refractivity contribution in [1.29, 1.82) is 0 Å². The molecule has 1 saturated heterocycles. The van der Waals surface area contributed by atoms with Gasteiger partial charge in [-0.1, -0.05) is 0 Å². The lowest BCUT2D eigenvalue weighted by Gasteiger charge is -2.29. The van der Waals surface area contributed by atoms with E-state index < -0.39 is 0 Å². The van der Waals surface area contributed by atoms with Crippen LogP contribution in [0.3, 0.4) is 0 Å². The van der Waals surface area contributed by atoms with E-state index >= 15 is 0 Å². The maximum atomic E-state index is 4.29. The fourth-order valence-corrected chi connectivity index (χ4v) is 1.95. The Morgan fingerprint density at radius 3 is 2.87 bits per heavy atom. The molecule has 1 N–H and O–H groups in total. The van der Waals surface area contributed by atoms with Crippen LogP contribution in [0.5, 0.6) is 0 Å². The highest BCUT2D eigenvalue weighted by Crippen LogP contribution is 2.14. The van der Waals surface area contributed by atoms with Crippen LogP contribution in [0, 0.1) is 0 Å². The van der Waals surface area contributed by atoms with Crippen molar-refractivity contribution in [1.82, 2.24) is 19.9 Å². The lowest BCUT2D eigenvalue weighted by molar-refractivity contribution is 0.580. The van der Waals surface area contributed by atoms with Crippen molar-refractivity contribution in [3.05, 3.63) is 24.5 Å². The van der Waals surface area contributed by atoms with Gasteiger partial charge in [0.1, 0.15) is 5.82 Å². The van der Waals surface area contributed by atoms with Crippen LogP contribution in [0.1, 0.15) is 0 Å². The molecule has 0 unspecified atom stereocenters. The van der Waals surface area contributed by atoms with Gasteiger partial charge in [-0.2, -0.15) is 9.61 Å². The molecule has 0 saturated carbocycles. The van der Waals surface area contributed by atoms with E-state index in [0.29, 0.717) is 0 Å². The van der Waals surface area contributed by atoms with E-state index in [1.54, 1.807) is 6.20 Å². The lowest BCUT2D eigenvalue weighted by Crippen LogP contribution is -2.44. The number of anilines is 1. The highest BCUT2D eigenvalue weighted by Gasteiger charge is 2.13. The Morgan fingerprint density at radius 1 is 1.13 bits per heavy atom. The molecule has 0 atom stereocenters. The minimum atomic E-state index is 0.908. The monoisotopic (exact) mass is 203 g/mol. The third-order valence-corrected chi connectivity index (χ3v) is 2.71. The van der Waals surface area contributed by atoms with Crippen LogP contribution in [0.15, 0.2) is 24.5 Å². The van der Waals surface area contributed by atoms with Gasteiger partial charge in [-0.15, -0.1) is 0 Å². The summed E-state index contributed by atoms with van der Waals surface area (Å²) in [5.41, 5.74) is 0.908. The van der Waals surface area contributed by atoms with Crippen LogP contribution >= 0.6 is 0 Å². The molecule has 1 aliphatic heterocycles. The van der Waals surface area contributed by atoms with E-state index in [-0.39, 0.29) is 0 Å². The standard InChI is InChI=1S/C10H13N5/c1-4-13-15-9(1)12-3-2-10(15)14-7-5-11-6-8-14/h1-4,11H,5-8H2. The molecule has 0 spiro atoms. The van der Waals surface area contributed by atoms with Crippen LogP contribution < -0.4 is 10.2 Å². The summed E-state index contributed by atoms with van der Waals surface area (Å²) < 4.78 is 1.89. The number of piperazine rings is 1. The first-order valence-corrected chi connectivity index (χ1v) is 5.19. The van der Waals surface area contributed by atoms with Crippen molar-refractivity contribution in [2.45, 2.75) is 0 Å². The summed E-state index contributed by atoms with van der Waals surface area (Å²) in [6, 6.07) is 3.94. The minimum absolute atomic E-state index is 0.908. The zero-order valence-electron chi connectivity index (χ0n) is 8.43. The lowest BCUT2D eigenvalue weighted by atomic mass is 10.3. The summed E-state index contributed by atoms with van der Waals surface area (Å²) in [4.78, 5) is 6.59. The number of fused-ring (bicyclic) bond motifs is 1. The molecule has 3 heterocycles. The first kappa shape index (κ1) is 8.67. The van der Waals surface area contributed by atoms with Crippen LogP contribution in [0.4, 0.5) is 5.82 Å². The molecule has 15 heavy (non-hydrogen) atoms. The fourth-order valence-electron chi connectivity index (χ4n) is 1.95. The van der Waals surface area contributed by atoms with E-state index in [9.17, 15) is 0 Å². The van der Waals surface area contributed by atoms with Gasteiger partial charge in [-0.3, -0.25) is 0 Å². The van der Waals surface area contributed by atoms with E-state index in [1.807, 2.05) is 22.8 Å². The quantitative estimate of drug-likeness (QED) is 0.716. The van der Waals surface area contributed by atoms with Gasteiger partial charge in [-0.05, 0) is 6.07 Å². The topological polar surface area (TPSA) is 45.5 Å². The predicted molar refractivity (Wildman–Crippen MR) is 58.1 cm³/mol. The molecule has 0 radical (unpaired) electrons. The van der Waals surface area contributed by atoms with Crippen molar-refractivity contribution >= 4 is 11.5 Å². The van der Waals surface area contributed by atoms with Gasteiger partial charge in [0.15, 0.2) is 5.65 Å². The number of rotatable bonds is 1. The number of aromatic nitrogens is 3. The van der Waals surface area contributed by atoms with Crippen molar-refractivity contribution in [3.8, 4) is 0 Å². The molecule has 78 valence electrons. The molecule has 0 amide bonds. The minimum Gasteiger partial charge on any atom is -0.354 e. The first-order valence-electron chi connectivity index (χ1n) is 5.19. The van der Waals surface area contributed by atoms with Crippen LogP contribution in [-0.2, 0) is 0 Å². The van der Waals surface area contributed by atoms with E-state index in [1.165, 1.54) is 0 Å². The molecule has 2 aromatic rings. The molecule has 0 bridgehead atoms. The second-order valence-electron chi connectivity index (χ2n) is 3.64. The first-order chi connectivity index (χ1) is 7.45. The fraction of sp³-hybridized carbons (Fsp3) is 0.400. The molecule has 1 aliphatic rings. The maximum Gasteiger partial charge on any atom is 0.157 e. The van der Waals surface area contributed by atoms with E-state index in [0.717, 1.165) is 37.6 Å². The Morgan fingerprint density at radius 2 is 2.00 bits per heavy atom. The third kappa shape index (κ3) is 1.45. The Kier molecular flexibility index (Phi) is 2.03. The van der Waals surface area contributed by atoms with Crippen molar-refractivity contribution < 1.29 is 0 Å². The van der Waals surface area contributed by atoms with Gasteiger partial charge in [0.05, 0.1) is 6.20 Å². The highest BCUT2D eigenvalue weighted by atomic mass is 15.4. The van der Waals surface area contributed by atoms with Crippen molar-refractivity contribution in [2.75, 3.05) is 31.1 Å². The van der Waals surface area contributed by atoms with E-state index in [2.05, 4.69) is 20.3 Å². The van der Waals surface area contributed by atoms with Gasteiger partial charge in [0, 0.05) is 38.4 Å². The highest BCUT2D eigenvalue weighted by molar-refractivity contribution is 5.48. The smallest absolute Gasteiger partial charge is 0.157 e. The normalized spacial score (nSPS) is 17.2. The van der Waals surface area contributed by atoms with Crippen molar-refractivity contribution in [3.63, 3.8) is 0 Å². The maximum absolute atomic E-state index is 4.29. The Labute approximate surface area is 87.7 Å². The zero-order valence-corrected chi connectivity index (χ0v) is 8.43. The SMILES string of the molecule is c1cc(N2CCNCC2)n2nccc2n1. The van der Waals surface area contributed by atoms with Gasteiger partial charge >= 0.3 is 0 Å². The number of hydrogen-bond acceptors (Lipinski definition) is 4. The molecular formula is C10H13N5. The summed E-state index contributed by atoms with van der Waals surface area (Å²) in [5, 5.41) is 7.63. The Balaban J connectivity index is 2.05. The molecule has 3 rings (SSSR count). The Hall–Kier alpha value is -1.62. The molecule has 1 fully saturated rings. The van der Waals surface area contributed by atoms with E-state index in [4.69, 9.17) is 0 Å². The summed E-state index contributed by atoms with van der Waals surface area (Å²) in [5.74, 6) is 1.13. The van der Waals surface area contributed by atoms with Gasteiger partial charge < -0.3 is 10.2 Å². The van der Waals surface area contributed by atoms with Crippen LogP contribution in [0.25, 0.3) is 5.65 Å². The Bertz CT molecular complexity index is 458. The number of nitrogens with zero attached hydrogens (tertiary/aromatic N) is 4. The molecule has 0 aromatic carbocycles. The molecule has 5 heteroatoms. The predicted octanol–water partition coefficient (Wildman–Crippen LogP) is 0.139. The average molecular weight is 203 g/mol. The zero-order chi connectivity index (χ0) is 10.1. The van der Waals surface area contributed by atoms with Crippen LogP contribution in [-0.4, -0.2) is 40.8 Å². The molecule has 2 aromatic heterocycles. The molecular weight excluding hydrogens is 190 g/mol. The second kappa shape index (κ2) is 3.51. The summed E-state index contributed by atoms with van der Waals surface area (Å²) in [7, 11) is 0.